The Morgan fingerprint density at radius 3 is 2.43 bits per heavy atom. The summed E-state index contributed by atoms with van der Waals surface area (Å²) in [4.78, 5) is 27.3. The summed E-state index contributed by atoms with van der Waals surface area (Å²) in [6, 6.07) is 15.3. The van der Waals surface area contributed by atoms with Gasteiger partial charge in [-0.15, -0.1) is 0 Å². The first-order valence-electron chi connectivity index (χ1n) is 10.5. The Morgan fingerprint density at radius 2 is 1.70 bits per heavy atom. The van der Waals surface area contributed by atoms with Crippen LogP contribution in [-0.2, 0) is 11.2 Å². The molecule has 2 N–H and O–H groups in total. The van der Waals surface area contributed by atoms with Crippen LogP contribution in [0.4, 0.5) is 5.69 Å². The van der Waals surface area contributed by atoms with E-state index in [4.69, 9.17) is 12.2 Å². The summed E-state index contributed by atoms with van der Waals surface area (Å²) in [5, 5.41) is 5.94. The molecule has 1 aliphatic carbocycles. The van der Waals surface area contributed by atoms with Gasteiger partial charge in [-0.25, -0.2) is 0 Å². The predicted octanol–water partition coefficient (Wildman–Crippen LogP) is 4.46. The van der Waals surface area contributed by atoms with Crippen molar-refractivity contribution in [3.63, 3.8) is 0 Å². The molecule has 0 aromatic heterocycles. The molecule has 3 rings (SSSR count). The molecular weight excluding hydrogens is 394 g/mol. The van der Waals surface area contributed by atoms with Crippen LogP contribution in [-0.4, -0.2) is 34.9 Å². The predicted molar refractivity (Wildman–Crippen MR) is 125 cm³/mol. The van der Waals surface area contributed by atoms with Crippen molar-refractivity contribution in [1.29, 1.82) is 0 Å². The smallest absolute Gasteiger partial charge is 0.255 e. The summed E-state index contributed by atoms with van der Waals surface area (Å²) in [7, 11) is 1.87. The Hall–Kier alpha value is -2.73. The average molecular weight is 424 g/mol. The van der Waals surface area contributed by atoms with Crippen LogP contribution in [0.25, 0.3) is 0 Å². The van der Waals surface area contributed by atoms with Crippen molar-refractivity contribution in [1.82, 2.24) is 10.2 Å². The molecule has 0 heterocycles. The third-order valence-electron chi connectivity index (χ3n) is 5.71. The Bertz CT molecular complexity index is 922. The number of para-hydroxylation sites is 1. The maximum Gasteiger partial charge on any atom is 0.255 e. The number of nitrogens with zero attached hydrogens (tertiary/aromatic N) is 1. The van der Waals surface area contributed by atoms with Gasteiger partial charge in [0, 0.05) is 13.1 Å². The monoisotopic (exact) mass is 423 g/mol. The fourth-order valence-electron chi connectivity index (χ4n) is 3.91. The van der Waals surface area contributed by atoms with E-state index in [0.717, 1.165) is 24.0 Å². The quantitative estimate of drug-likeness (QED) is 0.698. The zero-order valence-corrected chi connectivity index (χ0v) is 18.4. The van der Waals surface area contributed by atoms with E-state index in [1.54, 1.807) is 6.07 Å². The standard InChI is InChI=1S/C24H29N3O2S/c1-17-10-6-7-11-18(17)16-22(28)26-24(30)25-21-15-9-8-14-20(21)23(29)27(2)19-12-4-3-5-13-19/h6-11,14-15,19H,3-5,12-13,16H2,1-2H3,(H2,25,26,28,30). The molecule has 0 aliphatic heterocycles. The maximum absolute atomic E-state index is 13.1. The van der Waals surface area contributed by atoms with Crippen molar-refractivity contribution in [2.45, 2.75) is 51.5 Å². The molecular formula is C24H29N3O2S. The van der Waals surface area contributed by atoms with E-state index < -0.39 is 0 Å². The lowest BCUT2D eigenvalue weighted by atomic mass is 9.94. The summed E-state index contributed by atoms with van der Waals surface area (Å²) in [5.41, 5.74) is 3.18. The fraction of sp³-hybridized carbons (Fsp3) is 0.375. The van der Waals surface area contributed by atoms with Gasteiger partial charge in [-0.2, -0.15) is 0 Å². The molecule has 2 amide bonds. The SMILES string of the molecule is Cc1ccccc1CC(=O)NC(=S)Nc1ccccc1C(=O)N(C)C1CCCCC1. The molecule has 0 unspecified atom stereocenters. The van der Waals surface area contributed by atoms with Gasteiger partial charge in [0.25, 0.3) is 5.91 Å². The molecule has 2 aromatic carbocycles. The van der Waals surface area contributed by atoms with Gasteiger partial charge >= 0.3 is 0 Å². The highest BCUT2D eigenvalue weighted by atomic mass is 32.1. The molecule has 0 spiro atoms. The van der Waals surface area contributed by atoms with Crippen molar-refractivity contribution >= 4 is 34.8 Å². The summed E-state index contributed by atoms with van der Waals surface area (Å²) in [5.74, 6) is -0.219. The van der Waals surface area contributed by atoms with Crippen LogP contribution in [0.1, 0.15) is 53.6 Å². The third-order valence-corrected chi connectivity index (χ3v) is 5.92. The number of benzene rings is 2. The molecule has 2 aromatic rings. The number of amides is 2. The van der Waals surface area contributed by atoms with E-state index in [9.17, 15) is 9.59 Å². The lowest BCUT2D eigenvalue weighted by Crippen LogP contribution is -2.39. The normalized spacial score (nSPS) is 14.1. The first-order valence-corrected chi connectivity index (χ1v) is 10.9. The summed E-state index contributed by atoms with van der Waals surface area (Å²) in [6.07, 6.45) is 5.92. The molecule has 30 heavy (non-hydrogen) atoms. The molecule has 1 aliphatic rings. The van der Waals surface area contributed by atoms with Crippen molar-refractivity contribution in [3.05, 3.63) is 65.2 Å². The number of aryl methyl sites for hydroxylation is 1. The number of hydrogen-bond acceptors (Lipinski definition) is 3. The van der Waals surface area contributed by atoms with E-state index in [0.29, 0.717) is 11.3 Å². The van der Waals surface area contributed by atoms with Crippen LogP contribution in [0.15, 0.2) is 48.5 Å². The highest BCUT2D eigenvalue weighted by Crippen LogP contribution is 2.25. The van der Waals surface area contributed by atoms with Gasteiger partial charge in [0.15, 0.2) is 5.11 Å². The second kappa shape index (κ2) is 10.3. The number of thiocarbonyl (C=S) groups is 1. The number of anilines is 1. The Kier molecular flexibility index (Phi) is 7.57. The number of hydrogen-bond donors (Lipinski definition) is 2. The van der Waals surface area contributed by atoms with Gasteiger partial charge in [0.2, 0.25) is 5.91 Å². The summed E-state index contributed by atoms with van der Waals surface area (Å²) in [6.45, 7) is 1.98. The minimum absolute atomic E-state index is 0.0287. The largest absolute Gasteiger partial charge is 0.339 e. The number of rotatable bonds is 5. The molecule has 1 fully saturated rings. The first kappa shape index (κ1) is 22.0. The highest BCUT2D eigenvalue weighted by Gasteiger charge is 2.24. The minimum Gasteiger partial charge on any atom is -0.339 e. The molecule has 6 heteroatoms. The van der Waals surface area contributed by atoms with Gasteiger partial charge < -0.3 is 15.5 Å². The zero-order chi connectivity index (χ0) is 21.5. The van der Waals surface area contributed by atoms with E-state index >= 15 is 0 Å². The van der Waals surface area contributed by atoms with Crippen LogP contribution in [0, 0.1) is 6.92 Å². The molecule has 5 nitrogen and oxygen atoms in total. The topological polar surface area (TPSA) is 61.4 Å². The van der Waals surface area contributed by atoms with E-state index in [1.165, 1.54) is 19.3 Å². The molecule has 0 bridgehead atoms. The number of nitrogens with one attached hydrogen (secondary N) is 2. The Balaban J connectivity index is 1.63. The van der Waals surface area contributed by atoms with Crippen molar-refractivity contribution in [2.24, 2.45) is 0 Å². The van der Waals surface area contributed by atoms with Crippen LogP contribution in [0.5, 0.6) is 0 Å². The maximum atomic E-state index is 13.1. The fourth-order valence-corrected chi connectivity index (χ4v) is 4.13. The van der Waals surface area contributed by atoms with Gasteiger partial charge in [0.05, 0.1) is 17.7 Å². The van der Waals surface area contributed by atoms with Crippen LogP contribution < -0.4 is 10.6 Å². The van der Waals surface area contributed by atoms with Crippen LogP contribution in [0.3, 0.4) is 0 Å². The molecule has 0 radical (unpaired) electrons. The molecule has 1 saturated carbocycles. The van der Waals surface area contributed by atoms with Crippen molar-refractivity contribution in [3.8, 4) is 0 Å². The zero-order valence-electron chi connectivity index (χ0n) is 17.6. The van der Waals surface area contributed by atoms with Crippen molar-refractivity contribution in [2.75, 3.05) is 12.4 Å². The lowest BCUT2D eigenvalue weighted by Gasteiger charge is -2.31. The van der Waals surface area contributed by atoms with Gasteiger partial charge in [-0.3, -0.25) is 9.59 Å². The molecule has 0 atom stereocenters. The Labute approximate surface area is 183 Å². The summed E-state index contributed by atoms with van der Waals surface area (Å²) >= 11 is 5.33. The first-order chi connectivity index (χ1) is 14.5. The third kappa shape index (κ3) is 5.66. The van der Waals surface area contributed by atoms with E-state index in [1.807, 2.05) is 61.3 Å². The number of carbonyl (C=O) groups is 2. The van der Waals surface area contributed by atoms with Crippen molar-refractivity contribution < 1.29 is 9.59 Å². The second-order valence-electron chi connectivity index (χ2n) is 7.86. The Morgan fingerprint density at radius 1 is 1.03 bits per heavy atom. The van der Waals surface area contributed by atoms with Crippen LogP contribution >= 0.6 is 12.2 Å². The van der Waals surface area contributed by atoms with E-state index in [2.05, 4.69) is 10.6 Å². The van der Waals surface area contributed by atoms with Crippen LogP contribution in [0.2, 0.25) is 0 Å². The minimum atomic E-state index is -0.190. The van der Waals surface area contributed by atoms with Gasteiger partial charge in [-0.05, 0) is 55.2 Å². The van der Waals surface area contributed by atoms with E-state index in [-0.39, 0.29) is 29.4 Å². The molecule has 158 valence electrons. The average Bonchev–Trinajstić information content (AvgIpc) is 2.75. The van der Waals surface area contributed by atoms with Gasteiger partial charge in [-0.1, -0.05) is 55.7 Å². The second-order valence-corrected chi connectivity index (χ2v) is 8.27. The highest BCUT2D eigenvalue weighted by molar-refractivity contribution is 7.80. The summed E-state index contributed by atoms with van der Waals surface area (Å²) < 4.78 is 0. The number of carbonyl (C=O) groups excluding carboxylic acids is 2. The molecule has 0 saturated heterocycles. The van der Waals surface area contributed by atoms with Gasteiger partial charge in [0.1, 0.15) is 0 Å². The lowest BCUT2D eigenvalue weighted by molar-refractivity contribution is -0.119.